The number of aromatic nitrogens is 2. The molecule has 1 fully saturated rings. The Morgan fingerprint density at radius 2 is 2.00 bits per heavy atom. The fourth-order valence-electron chi connectivity index (χ4n) is 2.11. The Kier molecular flexibility index (Phi) is 3.25. The third-order valence-corrected chi connectivity index (χ3v) is 4.15. The molecule has 18 heavy (non-hydrogen) atoms. The third-order valence-electron chi connectivity index (χ3n) is 3.25. The fourth-order valence-corrected chi connectivity index (χ4v) is 2.81. The summed E-state index contributed by atoms with van der Waals surface area (Å²) >= 11 is 1.71. The lowest BCUT2D eigenvalue weighted by Gasteiger charge is -2.33. The normalized spacial score (nSPS) is 17.1. The van der Waals surface area contributed by atoms with Crippen molar-refractivity contribution in [1.82, 2.24) is 14.9 Å². The summed E-state index contributed by atoms with van der Waals surface area (Å²) in [4.78, 5) is 14.6. The monoisotopic (exact) mass is 260 g/mol. The van der Waals surface area contributed by atoms with Gasteiger partial charge in [0.15, 0.2) is 0 Å². The van der Waals surface area contributed by atoms with Gasteiger partial charge in [0.25, 0.3) is 0 Å². The Labute approximate surface area is 111 Å². The van der Waals surface area contributed by atoms with Gasteiger partial charge in [-0.25, -0.2) is 9.97 Å². The first-order valence-electron chi connectivity index (χ1n) is 6.12. The minimum atomic E-state index is 1.02. The van der Waals surface area contributed by atoms with Crippen LogP contribution in [0.5, 0.6) is 0 Å². The summed E-state index contributed by atoms with van der Waals surface area (Å²) in [6.45, 7) is 4.27. The number of piperazine rings is 1. The highest BCUT2D eigenvalue weighted by atomic mass is 32.1. The minimum Gasteiger partial charge on any atom is -0.354 e. The van der Waals surface area contributed by atoms with Crippen molar-refractivity contribution in [3.8, 4) is 10.6 Å². The van der Waals surface area contributed by atoms with Crippen molar-refractivity contribution in [3.05, 3.63) is 29.9 Å². The molecule has 5 heteroatoms. The molecule has 1 aliphatic rings. The van der Waals surface area contributed by atoms with E-state index in [1.54, 1.807) is 17.7 Å². The first-order valence-corrected chi connectivity index (χ1v) is 7.00. The van der Waals surface area contributed by atoms with Crippen molar-refractivity contribution in [1.29, 1.82) is 0 Å². The average Bonchev–Trinajstić information content (AvgIpc) is 2.94. The van der Waals surface area contributed by atoms with Crippen molar-refractivity contribution >= 4 is 17.2 Å². The van der Waals surface area contributed by atoms with Crippen molar-refractivity contribution in [2.45, 2.75) is 0 Å². The van der Waals surface area contributed by atoms with Gasteiger partial charge in [0.05, 0.1) is 10.6 Å². The topological polar surface area (TPSA) is 32.3 Å². The summed E-state index contributed by atoms with van der Waals surface area (Å²) in [7, 11) is 2.16. The lowest BCUT2D eigenvalue weighted by molar-refractivity contribution is 0.312. The standard InChI is InChI=1S/C13H16N4S/c1-16-4-6-17(7-5-16)13-9-11(14-10-15-13)12-3-2-8-18-12/h2-3,8-10H,4-7H2,1H3. The molecular formula is C13H16N4S. The molecule has 3 rings (SSSR count). The molecule has 0 spiro atoms. The van der Waals surface area contributed by atoms with Crippen molar-refractivity contribution in [2.24, 2.45) is 0 Å². The predicted molar refractivity (Wildman–Crippen MR) is 75.1 cm³/mol. The zero-order valence-corrected chi connectivity index (χ0v) is 11.2. The van der Waals surface area contributed by atoms with E-state index in [1.165, 1.54) is 4.88 Å². The molecule has 4 nitrogen and oxygen atoms in total. The second kappa shape index (κ2) is 5.04. The van der Waals surface area contributed by atoms with Crippen molar-refractivity contribution < 1.29 is 0 Å². The smallest absolute Gasteiger partial charge is 0.132 e. The van der Waals surface area contributed by atoms with Crippen molar-refractivity contribution in [3.63, 3.8) is 0 Å². The Balaban J connectivity index is 1.83. The van der Waals surface area contributed by atoms with Gasteiger partial charge in [-0.2, -0.15) is 0 Å². The predicted octanol–water partition coefficient (Wildman–Crippen LogP) is 1.96. The highest BCUT2D eigenvalue weighted by Crippen LogP contribution is 2.25. The highest BCUT2D eigenvalue weighted by Gasteiger charge is 2.16. The van der Waals surface area contributed by atoms with Gasteiger partial charge >= 0.3 is 0 Å². The van der Waals surface area contributed by atoms with Crippen LogP contribution >= 0.6 is 11.3 Å². The molecule has 0 N–H and O–H groups in total. The summed E-state index contributed by atoms with van der Waals surface area (Å²) in [6.07, 6.45) is 1.67. The number of rotatable bonds is 2. The van der Waals surface area contributed by atoms with E-state index in [4.69, 9.17) is 0 Å². The van der Waals surface area contributed by atoms with Gasteiger partial charge in [-0.15, -0.1) is 11.3 Å². The Bertz CT molecular complexity index is 503. The average molecular weight is 260 g/mol. The maximum Gasteiger partial charge on any atom is 0.132 e. The second-order valence-electron chi connectivity index (χ2n) is 4.53. The summed E-state index contributed by atoms with van der Waals surface area (Å²) in [5.41, 5.74) is 1.02. The molecule has 0 amide bonds. The molecule has 0 aliphatic carbocycles. The molecule has 0 unspecified atom stereocenters. The molecule has 0 aromatic carbocycles. The molecule has 0 bridgehead atoms. The van der Waals surface area contributed by atoms with E-state index in [0.29, 0.717) is 0 Å². The first-order chi connectivity index (χ1) is 8.83. The molecule has 94 valence electrons. The minimum absolute atomic E-state index is 1.02. The summed E-state index contributed by atoms with van der Waals surface area (Å²) < 4.78 is 0. The molecule has 1 saturated heterocycles. The maximum absolute atomic E-state index is 4.40. The van der Waals surface area contributed by atoms with Gasteiger partial charge in [-0.1, -0.05) is 6.07 Å². The van der Waals surface area contributed by atoms with Crippen LogP contribution in [0.4, 0.5) is 5.82 Å². The molecule has 2 aromatic heterocycles. The van der Waals surface area contributed by atoms with Crippen LogP contribution in [0.3, 0.4) is 0 Å². The summed E-state index contributed by atoms with van der Waals surface area (Å²) in [5.74, 6) is 1.04. The van der Waals surface area contributed by atoms with E-state index < -0.39 is 0 Å². The summed E-state index contributed by atoms with van der Waals surface area (Å²) in [6, 6.07) is 6.25. The lowest BCUT2D eigenvalue weighted by Crippen LogP contribution is -2.44. The largest absolute Gasteiger partial charge is 0.354 e. The van der Waals surface area contributed by atoms with Gasteiger partial charge in [-0.3, -0.25) is 0 Å². The molecule has 0 saturated carbocycles. The molecule has 2 aromatic rings. The van der Waals surface area contributed by atoms with E-state index in [-0.39, 0.29) is 0 Å². The van der Waals surface area contributed by atoms with E-state index in [1.807, 2.05) is 0 Å². The van der Waals surface area contributed by atoms with Gasteiger partial charge in [0.1, 0.15) is 12.1 Å². The van der Waals surface area contributed by atoms with Gasteiger partial charge < -0.3 is 9.80 Å². The van der Waals surface area contributed by atoms with Crippen LogP contribution in [-0.2, 0) is 0 Å². The van der Waals surface area contributed by atoms with Gasteiger partial charge in [0.2, 0.25) is 0 Å². The molecule has 3 heterocycles. The molecule has 1 aliphatic heterocycles. The van der Waals surface area contributed by atoms with Crippen LogP contribution in [0, 0.1) is 0 Å². The SMILES string of the molecule is CN1CCN(c2cc(-c3cccs3)ncn2)CC1. The van der Waals surface area contributed by atoms with Crippen LogP contribution in [0.1, 0.15) is 0 Å². The van der Waals surface area contributed by atoms with Crippen LogP contribution in [0.2, 0.25) is 0 Å². The fraction of sp³-hybridized carbons (Fsp3) is 0.385. The zero-order chi connectivity index (χ0) is 12.4. The van der Waals surface area contributed by atoms with Crippen LogP contribution in [-0.4, -0.2) is 48.1 Å². The van der Waals surface area contributed by atoms with E-state index in [0.717, 1.165) is 37.7 Å². The molecule has 0 atom stereocenters. The number of anilines is 1. The molecular weight excluding hydrogens is 244 g/mol. The van der Waals surface area contributed by atoms with Crippen LogP contribution in [0.25, 0.3) is 10.6 Å². The van der Waals surface area contributed by atoms with E-state index >= 15 is 0 Å². The number of hydrogen-bond donors (Lipinski definition) is 0. The van der Waals surface area contributed by atoms with Crippen LogP contribution < -0.4 is 4.90 Å². The second-order valence-corrected chi connectivity index (χ2v) is 5.48. The maximum atomic E-state index is 4.40. The van der Waals surface area contributed by atoms with Gasteiger partial charge in [0, 0.05) is 32.2 Å². The number of hydrogen-bond acceptors (Lipinski definition) is 5. The Morgan fingerprint density at radius 1 is 1.17 bits per heavy atom. The zero-order valence-electron chi connectivity index (χ0n) is 10.4. The number of likely N-dealkylation sites (N-methyl/N-ethyl adjacent to an activating group) is 1. The first kappa shape index (κ1) is 11.6. The van der Waals surface area contributed by atoms with Crippen molar-refractivity contribution in [2.75, 3.05) is 38.1 Å². The summed E-state index contributed by atoms with van der Waals surface area (Å²) in [5, 5.41) is 2.08. The van der Waals surface area contributed by atoms with Gasteiger partial charge in [-0.05, 0) is 18.5 Å². The highest BCUT2D eigenvalue weighted by molar-refractivity contribution is 7.13. The lowest BCUT2D eigenvalue weighted by atomic mass is 10.3. The quantitative estimate of drug-likeness (QED) is 0.826. The Hall–Kier alpha value is -1.46. The third kappa shape index (κ3) is 2.37. The van der Waals surface area contributed by atoms with E-state index in [2.05, 4.69) is 50.4 Å². The number of nitrogens with zero attached hydrogens (tertiary/aromatic N) is 4. The van der Waals surface area contributed by atoms with E-state index in [9.17, 15) is 0 Å². The Morgan fingerprint density at radius 3 is 2.72 bits per heavy atom. The number of thiophene rings is 1. The van der Waals surface area contributed by atoms with Crippen LogP contribution in [0.15, 0.2) is 29.9 Å². The molecule has 0 radical (unpaired) electrons.